The second-order valence-corrected chi connectivity index (χ2v) is 3.17. The van der Waals surface area contributed by atoms with E-state index in [1.54, 1.807) is 0 Å². The zero-order valence-electron chi connectivity index (χ0n) is 8.76. The molecule has 0 amide bonds. The Kier molecular flexibility index (Phi) is 9.80. The highest BCUT2D eigenvalue weighted by Crippen LogP contribution is 1.88. The Bertz CT molecular complexity index is 91.6. The molecule has 0 rings (SSSR count). The van der Waals surface area contributed by atoms with E-state index in [1.165, 1.54) is 6.42 Å². The van der Waals surface area contributed by atoms with Gasteiger partial charge in [0.05, 0.1) is 0 Å². The molecular weight excluding hydrogens is 164 g/mol. The second kappa shape index (κ2) is 9.92. The van der Waals surface area contributed by atoms with Crippen LogP contribution in [0.25, 0.3) is 0 Å². The van der Waals surface area contributed by atoms with Gasteiger partial charge >= 0.3 is 0 Å². The van der Waals surface area contributed by atoms with Crippen LogP contribution in [0.2, 0.25) is 0 Å². The number of nitrogens with one attached hydrogen (secondary N) is 1. The predicted octanol–water partition coefficient (Wildman–Crippen LogP) is -0.795. The van der Waals surface area contributed by atoms with Gasteiger partial charge in [0.15, 0.2) is 0 Å². The number of hydrogen-bond donors (Lipinski definition) is 3. The summed E-state index contributed by atoms with van der Waals surface area (Å²) in [4.78, 5) is 2.38. The van der Waals surface area contributed by atoms with E-state index in [0.29, 0.717) is 6.54 Å². The van der Waals surface area contributed by atoms with Crippen LogP contribution in [-0.4, -0.2) is 50.7 Å². The lowest BCUT2D eigenvalue weighted by atomic mass is 10.4. The van der Waals surface area contributed by atoms with E-state index in [2.05, 4.69) is 17.1 Å². The Morgan fingerprint density at radius 1 is 1.00 bits per heavy atom. The Hall–Kier alpha value is -0.160. The molecule has 0 unspecified atom stereocenters. The van der Waals surface area contributed by atoms with Crippen LogP contribution < -0.4 is 16.8 Å². The van der Waals surface area contributed by atoms with Gasteiger partial charge in [0, 0.05) is 39.3 Å². The average molecular weight is 188 g/mol. The van der Waals surface area contributed by atoms with E-state index in [4.69, 9.17) is 11.5 Å². The molecule has 0 spiro atoms. The van der Waals surface area contributed by atoms with Gasteiger partial charge in [0.1, 0.15) is 0 Å². The molecule has 0 aromatic rings. The van der Waals surface area contributed by atoms with Crippen LogP contribution in [0.1, 0.15) is 13.3 Å². The van der Waals surface area contributed by atoms with Gasteiger partial charge in [0.2, 0.25) is 0 Å². The lowest BCUT2D eigenvalue weighted by Gasteiger charge is -2.20. The van der Waals surface area contributed by atoms with Crippen molar-refractivity contribution in [2.45, 2.75) is 13.3 Å². The molecule has 0 fully saturated rings. The molecule has 0 bridgehead atoms. The molecule has 0 aliphatic rings. The van der Waals surface area contributed by atoms with Gasteiger partial charge in [-0.25, -0.2) is 0 Å². The molecule has 0 saturated heterocycles. The SMILES string of the molecule is CCCN(CCN)CCNCCN. The van der Waals surface area contributed by atoms with E-state index in [1.807, 2.05) is 0 Å². The minimum absolute atomic E-state index is 0.713. The van der Waals surface area contributed by atoms with Gasteiger partial charge < -0.3 is 21.7 Å². The van der Waals surface area contributed by atoms with E-state index >= 15 is 0 Å². The van der Waals surface area contributed by atoms with Gasteiger partial charge in [-0.15, -0.1) is 0 Å². The monoisotopic (exact) mass is 188 g/mol. The number of nitrogens with zero attached hydrogens (tertiary/aromatic N) is 1. The van der Waals surface area contributed by atoms with Gasteiger partial charge in [-0.1, -0.05) is 6.92 Å². The smallest absolute Gasteiger partial charge is 0.0107 e. The molecule has 0 aromatic carbocycles. The van der Waals surface area contributed by atoms with Gasteiger partial charge in [0.25, 0.3) is 0 Å². The first-order chi connectivity index (χ1) is 6.35. The lowest BCUT2D eigenvalue weighted by molar-refractivity contribution is 0.281. The van der Waals surface area contributed by atoms with Gasteiger partial charge in [-0.3, -0.25) is 0 Å². The highest BCUT2D eigenvalue weighted by atomic mass is 15.1. The van der Waals surface area contributed by atoms with Crippen LogP contribution in [0.4, 0.5) is 0 Å². The van der Waals surface area contributed by atoms with E-state index in [-0.39, 0.29) is 0 Å². The number of rotatable bonds is 9. The molecular formula is C9H24N4. The van der Waals surface area contributed by atoms with E-state index < -0.39 is 0 Å². The van der Waals surface area contributed by atoms with Crippen molar-refractivity contribution in [3.05, 3.63) is 0 Å². The summed E-state index contributed by atoms with van der Waals surface area (Å²) in [6.07, 6.45) is 1.19. The zero-order chi connectivity index (χ0) is 9.94. The minimum Gasteiger partial charge on any atom is -0.329 e. The first kappa shape index (κ1) is 12.8. The maximum atomic E-state index is 5.51. The molecule has 13 heavy (non-hydrogen) atoms. The Morgan fingerprint density at radius 3 is 2.31 bits per heavy atom. The van der Waals surface area contributed by atoms with Crippen molar-refractivity contribution in [3.8, 4) is 0 Å². The van der Waals surface area contributed by atoms with Gasteiger partial charge in [-0.2, -0.15) is 0 Å². The summed E-state index contributed by atoms with van der Waals surface area (Å²) in [7, 11) is 0. The topological polar surface area (TPSA) is 67.3 Å². The van der Waals surface area contributed by atoms with Crippen LogP contribution in [-0.2, 0) is 0 Å². The summed E-state index contributed by atoms with van der Waals surface area (Å²) < 4.78 is 0. The Balaban J connectivity index is 3.33. The third-order valence-corrected chi connectivity index (χ3v) is 1.91. The maximum Gasteiger partial charge on any atom is 0.0107 e. The normalized spacial score (nSPS) is 11.1. The molecule has 0 saturated carbocycles. The summed E-state index contributed by atoms with van der Waals surface area (Å²) in [5.74, 6) is 0. The highest BCUT2D eigenvalue weighted by molar-refractivity contribution is 4.59. The molecule has 5 N–H and O–H groups in total. The average Bonchev–Trinajstić information content (AvgIpc) is 2.13. The van der Waals surface area contributed by atoms with Crippen LogP contribution in [0.15, 0.2) is 0 Å². The molecule has 0 atom stereocenters. The van der Waals surface area contributed by atoms with Gasteiger partial charge in [-0.05, 0) is 13.0 Å². The first-order valence-electron chi connectivity index (χ1n) is 5.18. The lowest BCUT2D eigenvalue weighted by Crippen LogP contribution is -2.37. The fourth-order valence-corrected chi connectivity index (χ4v) is 1.30. The third-order valence-electron chi connectivity index (χ3n) is 1.91. The van der Waals surface area contributed by atoms with E-state index in [9.17, 15) is 0 Å². The maximum absolute atomic E-state index is 5.51. The Labute approximate surface area is 81.6 Å². The van der Waals surface area contributed by atoms with Crippen molar-refractivity contribution in [2.24, 2.45) is 11.5 Å². The largest absolute Gasteiger partial charge is 0.329 e. The summed E-state index contributed by atoms with van der Waals surface area (Å²) in [6, 6.07) is 0. The molecule has 4 heteroatoms. The van der Waals surface area contributed by atoms with Crippen LogP contribution in [0, 0.1) is 0 Å². The quantitative estimate of drug-likeness (QED) is 0.415. The molecule has 4 nitrogen and oxygen atoms in total. The van der Waals surface area contributed by atoms with Crippen molar-refractivity contribution >= 4 is 0 Å². The van der Waals surface area contributed by atoms with Crippen molar-refractivity contribution in [3.63, 3.8) is 0 Å². The van der Waals surface area contributed by atoms with Crippen LogP contribution in [0.5, 0.6) is 0 Å². The molecule has 0 aliphatic heterocycles. The molecule has 0 aromatic heterocycles. The van der Waals surface area contributed by atoms with Crippen molar-refractivity contribution in [1.82, 2.24) is 10.2 Å². The Morgan fingerprint density at radius 2 is 1.77 bits per heavy atom. The fourth-order valence-electron chi connectivity index (χ4n) is 1.30. The number of hydrogen-bond acceptors (Lipinski definition) is 4. The molecule has 0 heterocycles. The minimum atomic E-state index is 0.713. The highest BCUT2D eigenvalue weighted by Gasteiger charge is 2.00. The fraction of sp³-hybridized carbons (Fsp3) is 1.00. The first-order valence-corrected chi connectivity index (χ1v) is 5.18. The number of nitrogens with two attached hydrogens (primary N) is 2. The zero-order valence-corrected chi connectivity index (χ0v) is 8.76. The molecule has 0 aliphatic carbocycles. The third kappa shape index (κ3) is 8.18. The predicted molar refractivity (Wildman–Crippen MR) is 57.7 cm³/mol. The standard InChI is InChI=1S/C9H24N4/c1-2-7-13(8-4-11)9-6-12-5-3-10/h12H,2-11H2,1H3. The van der Waals surface area contributed by atoms with Crippen molar-refractivity contribution in [1.29, 1.82) is 0 Å². The summed E-state index contributed by atoms with van der Waals surface area (Å²) >= 11 is 0. The van der Waals surface area contributed by atoms with Crippen LogP contribution >= 0.6 is 0 Å². The van der Waals surface area contributed by atoms with E-state index in [0.717, 1.165) is 39.3 Å². The van der Waals surface area contributed by atoms with Crippen LogP contribution in [0.3, 0.4) is 0 Å². The van der Waals surface area contributed by atoms with Crippen molar-refractivity contribution in [2.75, 3.05) is 45.8 Å². The summed E-state index contributed by atoms with van der Waals surface area (Å²) in [6.45, 7) is 8.78. The summed E-state index contributed by atoms with van der Waals surface area (Å²) in [5.41, 5.74) is 10.9. The molecule has 80 valence electrons. The summed E-state index contributed by atoms with van der Waals surface area (Å²) in [5, 5.41) is 3.27. The van der Waals surface area contributed by atoms with Crippen molar-refractivity contribution < 1.29 is 0 Å². The molecule has 0 radical (unpaired) electrons. The second-order valence-electron chi connectivity index (χ2n) is 3.17.